The summed E-state index contributed by atoms with van der Waals surface area (Å²) in [6, 6.07) is 7.55. The number of amides is 1. The molecule has 0 N–H and O–H groups in total. The van der Waals surface area contributed by atoms with Crippen molar-refractivity contribution < 1.29 is 9.53 Å². The maximum atomic E-state index is 12.5. The number of para-hydroxylation sites is 1. The Balaban J connectivity index is 1.49. The van der Waals surface area contributed by atoms with E-state index >= 15 is 0 Å². The van der Waals surface area contributed by atoms with Crippen LogP contribution in [0, 0.1) is 0 Å². The maximum Gasteiger partial charge on any atom is 0.223 e. The van der Waals surface area contributed by atoms with Gasteiger partial charge in [-0.3, -0.25) is 9.48 Å². The zero-order valence-corrected chi connectivity index (χ0v) is 14.6. The molecular weight excluding hydrogens is 326 g/mol. The molecule has 0 aliphatic carbocycles. The molecule has 3 rings (SSSR count). The van der Waals surface area contributed by atoms with E-state index in [-0.39, 0.29) is 11.9 Å². The van der Waals surface area contributed by atoms with Gasteiger partial charge in [-0.1, -0.05) is 23.7 Å². The number of carbonyl (C=O) groups is 1. The SMILES string of the molecule is Cn1cc([C@@H]2CCCN2C(=O)CCCOc2ccccc2Cl)cn1. The highest BCUT2D eigenvalue weighted by atomic mass is 35.5. The van der Waals surface area contributed by atoms with Crippen LogP contribution in [-0.2, 0) is 11.8 Å². The van der Waals surface area contributed by atoms with Crippen molar-refractivity contribution in [1.29, 1.82) is 0 Å². The minimum Gasteiger partial charge on any atom is -0.492 e. The summed E-state index contributed by atoms with van der Waals surface area (Å²) >= 11 is 6.05. The zero-order valence-electron chi connectivity index (χ0n) is 13.8. The smallest absolute Gasteiger partial charge is 0.223 e. The number of hydrogen-bond donors (Lipinski definition) is 0. The molecule has 0 bridgehead atoms. The molecule has 1 saturated heterocycles. The van der Waals surface area contributed by atoms with Gasteiger partial charge in [0.25, 0.3) is 0 Å². The third-order valence-corrected chi connectivity index (χ3v) is 4.62. The lowest BCUT2D eigenvalue weighted by Gasteiger charge is -2.24. The van der Waals surface area contributed by atoms with Crippen molar-refractivity contribution in [3.8, 4) is 5.75 Å². The highest BCUT2D eigenvalue weighted by molar-refractivity contribution is 6.32. The van der Waals surface area contributed by atoms with Crippen LogP contribution in [0.5, 0.6) is 5.75 Å². The Labute approximate surface area is 147 Å². The second kappa shape index (κ2) is 7.71. The van der Waals surface area contributed by atoms with Gasteiger partial charge in [0.15, 0.2) is 0 Å². The van der Waals surface area contributed by atoms with Crippen LogP contribution in [-0.4, -0.2) is 33.7 Å². The zero-order chi connectivity index (χ0) is 16.9. The monoisotopic (exact) mass is 347 g/mol. The summed E-state index contributed by atoms with van der Waals surface area (Å²) in [6.45, 7) is 1.31. The van der Waals surface area contributed by atoms with Crippen LogP contribution in [0.2, 0.25) is 5.02 Å². The Hall–Kier alpha value is -2.01. The largest absolute Gasteiger partial charge is 0.492 e. The topological polar surface area (TPSA) is 47.4 Å². The molecule has 1 aromatic heterocycles. The molecule has 0 radical (unpaired) electrons. The van der Waals surface area contributed by atoms with Crippen LogP contribution in [0.25, 0.3) is 0 Å². The fourth-order valence-corrected chi connectivity index (χ4v) is 3.33. The highest BCUT2D eigenvalue weighted by Crippen LogP contribution is 2.32. The summed E-state index contributed by atoms with van der Waals surface area (Å²) in [6.07, 6.45) is 7.07. The number of rotatable bonds is 6. The second-order valence-electron chi connectivity index (χ2n) is 6.07. The van der Waals surface area contributed by atoms with Crippen molar-refractivity contribution in [3.05, 3.63) is 47.2 Å². The molecule has 1 fully saturated rings. The van der Waals surface area contributed by atoms with E-state index in [1.807, 2.05) is 42.5 Å². The third-order valence-electron chi connectivity index (χ3n) is 4.31. The van der Waals surface area contributed by atoms with E-state index in [9.17, 15) is 4.79 Å². The van der Waals surface area contributed by atoms with E-state index in [1.54, 1.807) is 10.7 Å². The first kappa shape index (κ1) is 16.8. The van der Waals surface area contributed by atoms with Gasteiger partial charge in [0.2, 0.25) is 5.91 Å². The van der Waals surface area contributed by atoms with Crippen LogP contribution in [0.1, 0.15) is 37.3 Å². The van der Waals surface area contributed by atoms with Crippen LogP contribution in [0.4, 0.5) is 0 Å². The molecule has 1 aromatic carbocycles. The average Bonchev–Trinajstić information content (AvgIpc) is 3.21. The van der Waals surface area contributed by atoms with Gasteiger partial charge in [-0.05, 0) is 31.4 Å². The summed E-state index contributed by atoms with van der Waals surface area (Å²) in [4.78, 5) is 14.5. The molecule has 0 unspecified atom stereocenters. The molecule has 1 atom stereocenters. The Bertz CT molecular complexity index is 701. The number of nitrogens with zero attached hydrogens (tertiary/aromatic N) is 3. The number of ether oxygens (including phenoxy) is 1. The number of hydrogen-bond acceptors (Lipinski definition) is 3. The fraction of sp³-hybridized carbons (Fsp3) is 0.444. The normalized spacial score (nSPS) is 17.2. The number of aryl methyl sites for hydroxylation is 1. The van der Waals surface area contributed by atoms with E-state index in [0.29, 0.717) is 30.2 Å². The van der Waals surface area contributed by atoms with Crippen molar-refractivity contribution in [2.24, 2.45) is 7.05 Å². The molecule has 2 aromatic rings. The predicted octanol–water partition coefficient (Wildman–Crippen LogP) is 3.60. The summed E-state index contributed by atoms with van der Waals surface area (Å²) < 4.78 is 7.43. The van der Waals surface area contributed by atoms with Gasteiger partial charge >= 0.3 is 0 Å². The van der Waals surface area contributed by atoms with Gasteiger partial charge in [-0.2, -0.15) is 5.10 Å². The van der Waals surface area contributed by atoms with Crippen LogP contribution < -0.4 is 4.74 Å². The number of aromatic nitrogens is 2. The summed E-state index contributed by atoms with van der Waals surface area (Å²) in [7, 11) is 1.90. The molecule has 0 spiro atoms. The number of benzene rings is 1. The molecule has 5 nitrogen and oxygen atoms in total. The molecule has 0 saturated carbocycles. The Morgan fingerprint density at radius 3 is 3.00 bits per heavy atom. The first-order chi connectivity index (χ1) is 11.6. The number of carbonyl (C=O) groups excluding carboxylic acids is 1. The number of likely N-dealkylation sites (tertiary alicyclic amines) is 1. The van der Waals surface area contributed by atoms with Gasteiger partial charge < -0.3 is 9.64 Å². The van der Waals surface area contributed by atoms with Gasteiger partial charge in [0, 0.05) is 31.8 Å². The standard InChI is InChI=1S/C18H22ClN3O2/c1-21-13-14(12-20-21)16-7-4-10-22(16)18(23)9-5-11-24-17-8-3-2-6-15(17)19/h2-3,6,8,12-13,16H,4-5,7,9-11H2,1H3/t16-/m0/s1. The first-order valence-corrected chi connectivity index (χ1v) is 8.68. The lowest BCUT2D eigenvalue weighted by atomic mass is 10.1. The fourth-order valence-electron chi connectivity index (χ4n) is 3.13. The molecular formula is C18H22ClN3O2. The highest BCUT2D eigenvalue weighted by Gasteiger charge is 2.30. The Kier molecular flexibility index (Phi) is 5.41. The Morgan fingerprint density at radius 2 is 2.25 bits per heavy atom. The van der Waals surface area contributed by atoms with Crippen molar-refractivity contribution in [1.82, 2.24) is 14.7 Å². The lowest BCUT2D eigenvalue weighted by molar-refractivity contribution is -0.132. The quantitative estimate of drug-likeness (QED) is 0.750. The number of halogens is 1. The molecule has 2 heterocycles. The van der Waals surface area contributed by atoms with E-state index in [4.69, 9.17) is 16.3 Å². The average molecular weight is 348 g/mol. The molecule has 1 aliphatic rings. The third kappa shape index (κ3) is 3.90. The van der Waals surface area contributed by atoms with E-state index in [2.05, 4.69) is 5.10 Å². The van der Waals surface area contributed by atoms with Gasteiger partial charge in [-0.15, -0.1) is 0 Å². The molecule has 1 amide bonds. The lowest BCUT2D eigenvalue weighted by Crippen LogP contribution is -2.30. The van der Waals surface area contributed by atoms with Crippen LogP contribution >= 0.6 is 11.6 Å². The van der Waals surface area contributed by atoms with E-state index in [1.165, 1.54) is 0 Å². The van der Waals surface area contributed by atoms with Crippen molar-refractivity contribution in [2.45, 2.75) is 31.7 Å². The predicted molar refractivity (Wildman–Crippen MR) is 93.1 cm³/mol. The van der Waals surface area contributed by atoms with E-state index < -0.39 is 0 Å². The van der Waals surface area contributed by atoms with Gasteiger partial charge in [0.05, 0.1) is 23.9 Å². The molecule has 6 heteroatoms. The maximum absolute atomic E-state index is 12.5. The van der Waals surface area contributed by atoms with Gasteiger partial charge in [-0.25, -0.2) is 0 Å². The summed E-state index contributed by atoms with van der Waals surface area (Å²) in [5.74, 6) is 0.852. The van der Waals surface area contributed by atoms with Crippen LogP contribution in [0.3, 0.4) is 0 Å². The molecule has 1 aliphatic heterocycles. The molecule has 24 heavy (non-hydrogen) atoms. The van der Waals surface area contributed by atoms with Crippen LogP contribution in [0.15, 0.2) is 36.7 Å². The van der Waals surface area contributed by atoms with Crippen molar-refractivity contribution in [3.63, 3.8) is 0 Å². The minimum atomic E-state index is 0.163. The van der Waals surface area contributed by atoms with Crippen molar-refractivity contribution >= 4 is 17.5 Å². The minimum absolute atomic E-state index is 0.163. The Morgan fingerprint density at radius 1 is 1.42 bits per heavy atom. The molecule has 128 valence electrons. The summed E-state index contributed by atoms with van der Waals surface area (Å²) in [5.41, 5.74) is 1.12. The summed E-state index contributed by atoms with van der Waals surface area (Å²) in [5, 5.41) is 4.82. The second-order valence-corrected chi connectivity index (χ2v) is 6.48. The van der Waals surface area contributed by atoms with E-state index in [0.717, 1.165) is 24.9 Å². The first-order valence-electron chi connectivity index (χ1n) is 8.30. The van der Waals surface area contributed by atoms with Crippen molar-refractivity contribution in [2.75, 3.05) is 13.2 Å². The van der Waals surface area contributed by atoms with Gasteiger partial charge in [0.1, 0.15) is 5.75 Å².